The summed E-state index contributed by atoms with van der Waals surface area (Å²) in [5.74, 6) is 3.37. The van der Waals surface area contributed by atoms with Gasteiger partial charge >= 0.3 is 0 Å². The van der Waals surface area contributed by atoms with Crippen molar-refractivity contribution in [3.63, 3.8) is 0 Å². The largest absolute Gasteiger partial charge is 0.119 e. The number of benzene rings is 1. The van der Waals surface area contributed by atoms with Crippen LogP contribution in [0.3, 0.4) is 0 Å². The molecule has 1 rings (SSSR count). The maximum Gasteiger partial charge on any atom is 0.0592 e. The van der Waals surface area contributed by atoms with Gasteiger partial charge in [0.25, 0.3) is 0 Å². The van der Waals surface area contributed by atoms with Crippen LogP contribution in [0.25, 0.3) is 0 Å². The van der Waals surface area contributed by atoms with Crippen molar-refractivity contribution in [2.75, 3.05) is 5.75 Å². The van der Waals surface area contributed by atoms with Crippen LogP contribution in [0.15, 0.2) is 29.2 Å². The summed E-state index contributed by atoms with van der Waals surface area (Å²) in [5.41, 5.74) is 1.59. The zero-order chi connectivity index (χ0) is 10.6. The highest BCUT2D eigenvalue weighted by Gasteiger charge is 2.12. The standard InChI is InChI=1S/C13H16S/c1-5-10-14-12-8-6-11(7-9-12)13(2,3)4/h1,6-9H,10H2,2-4H3. The summed E-state index contributed by atoms with van der Waals surface area (Å²) in [5, 5.41) is 0. The van der Waals surface area contributed by atoms with Gasteiger partial charge in [-0.25, -0.2) is 0 Å². The Morgan fingerprint density at radius 3 is 2.21 bits per heavy atom. The van der Waals surface area contributed by atoms with E-state index in [1.165, 1.54) is 10.5 Å². The molecule has 0 radical (unpaired) electrons. The normalized spacial score (nSPS) is 11.0. The van der Waals surface area contributed by atoms with Crippen LogP contribution in [0, 0.1) is 12.3 Å². The van der Waals surface area contributed by atoms with Crippen LogP contribution < -0.4 is 0 Å². The second kappa shape index (κ2) is 4.57. The van der Waals surface area contributed by atoms with Crippen molar-refractivity contribution >= 4 is 11.8 Å². The molecule has 0 aromatic heterocycles. The van der Waals surface area contributed by atoms with Gasteiger partial charge in [0.1, 0.15) is 0 Å². The van der Waals surface area contributed by atoms with Crippen molar-refractivity contribution in [2.24, 2.45) is 0 Å². The van der Waals surface area contributed by atoms with Gasteiger partial charge in [0, 0.05) is 4.90 Å². The third-order valence-electron chi connectivity index (χ3n) is 2.04. The van der Waals surface area contributed by atoms with Crippen molar-refractivity contribution in [1.29, 1.82) is 0 Å². The predicted molar refractivity (Wildman–Crippen MR) is 64.7 cm³/mol. The highest BCUT2D eigenvalue weighted by Crippen LogP contribution is 2.25. The van der Waals surface area contributed by atoms with Crippen LogP contribution in [0.4, 0.5) is 0 Å². The number of hydrogen-bond acceptors (Lipinski definition) is 1. The minimum atomic E-state index is 0.231. The number of rotatable bonds is 2. The molecule has 0 saturated heterocycles. The molecule has 0 spiro atoms. The first-order valence-corrected chi connectivity index (χ1v) is 5.69. The molecule has 0 heterocycles. The van der Waals surface area contributed by atoms with Crippen molar-refractivity contribution < 1.29 is 0 Å². The van der Waals surface area contributed by atoms with E-state index in [1.54, 1.807) is 11.8 Å². The molecule has 1 heteroatoms. The van der Waals surface area contributed by atoms with E-state index in [0.29, 0.717) is 0 Å². The molecule has 0 fully saturated rings. The molecule has 0 aliphatic carbocycles. The fourth-order valence-electron chi connectivity index (χ4n) is 1.18. The Labute approximate surface area is 91.1 Å². The number of terminal acetylenes is 1. The molecule has 0 bridgehead atoms. The molecule has 0 atom stereocenters. The van der Waals surface area contributed by atoms with Gasteiger partial charge < -0.3 is 0 Å². The topological polar surface area (TPSA) is 0 Å². The van der Waals surface area contributed by atoms with Crippen LogP contribution in [0.2, 0.25) is 0 Å². The average Bonchev–Trinajstić information content (AvgIpc) is 2.14. The first-order valence-electron chi connectivity index (χ1n) is 4.71. The van der Waals surface area contributed by atoms with E-state index in [9.17, 15) is 0 Å². The average molecular weight is 204 g/mol. The fraction of sp³-hybridized carbons (Fsp3) is 0.385. The van der Waals surface area contributed by atoms with E-state index in [2.05, 4.69) is 51.0 Å². The summed E-state index contributed by atoms with van der Waals surface area (Å²) in [6.45, 7) is 6.66. The maximum atomic E-state index is 5.20. The minimum absolute atomic E-state index is 0.231. The van der Waals surface area contributed by atoms with Gasteiger partial charge in [-0.15, -0.1) is 18.2 Å². The summed E-state index contributed by atoms with van der Waals surface area (Å²) in [6.07, 6.45) is 5.20. The summed E-state index contributed by atoms with van der Waals surface area (Å²) in [4.78, 5) is 1.25. The molecule has 14 heavy (non-hydrogen) atoms. The second-order valence-corrected chi connectivity index (χ2v) is 5.32. The lowest BCUT2D eigenvalue weighted by atomic mass is 9.87. The molecule has 74 valence electrons. The molecule has 1 aromatic carbocycles. The van der Waals surface area contributed by atoms with E-state index >= 15 is 0 Å². The molecule has 0 amide bonds. The van der Waals surface area contributed by atoms with E-state index < -0.39 is 0 Å². The van der Waals surface area contributed by atoms with E-state index in [1.807, 2.05) is 0 Å². The Bertz CT molecular complexity index is 322. The Morgan fingerprint density at radius 2 is 1.79 bits per heavy atom. The summed E-state index contributed by atoms with van der Waals surface area (Å²) in [7, 11) is 0. The van der Waals surface area contributed by atoms with Gasteiger partial charge in [-0.3, -0.25) is 0 Å². The predicted octanol–water partition coefficient (Wildman–Crippen LogP) is 3.71. The van der Waals surface area contributed by atoms with Gasteiger partial charge in [-0.2, -0.15) is 0 Å². The molecule has 0 N–H and O–H groups in total. The molecule has 0 unspecified atom stereocenters. The lowest BCUT2D eigenvalue weighted by molar-refractivity contribution is 0.590. The SMILES string of the molecule is C#CCSc1ccc(C(C)(C)C)cc1. The van der Waals surface area contributed by atoms with Gasteiger partial charge in [-0.1, -0.05) is 38.8 Å². The highest BCUT2D eigenvalue weighted by molar-refractivity contribution is 7.99. The van der Waals surface area contributed by atoms with Crippen molar-refractivity contribution in [2.45, 2.75) is 31.1 Å². The molecule has 0 nitrogen and oxygen atoms in total. The minimum Gasteiger partial charge on any atom is -0.119 e. The Balaban J connectivity index is 2.75. The van der Waals surface area contributed by atoms with Crippen molar-refractivity contribution in [3.05, 3.63) is 29.8 Å². The molecule has 1 aromatic rings. The van der Waals surface area contributed by atoms with Gasteiger partial charge in [0.15, 0.2) is 0 Å². The zero-order valence-corrected chi connectivity index (χ0v) is 9.82. The van der Waals surface area contributed by atoms with Gasteiger partial charge in [0.2, 0.25) is 0 Å². The summed E-state index contributed by atoms with van der Waals surface area (Å²) >= 11 is 1.70. The second-order valence-electron chi connectivity index (χ2n) is 4.27. The molecule has 0 saturated carbocycles. The first kappa shape index (κ1) is 11.2. The third kappa shape index (κ3) is 3.12. The molecular weight excluding hydrogens is 188 g/mol. The van der Waals surface area contributed by atoms with Crippen LogP contribution >= 0.6 is 11.8 Å². The van der Waals surface area contributed by atoms with Gasteiger partial charge in [0.05, 0.1) is 5.75 Å². The van der Waals surface area contributed by atoms with E-state index in [4.69, 9.17) is 6.42 Å². The van der Waals surface area contributed by atoms with Crippen molar-refractivity contribution in [1.82, 2.24) is 0 Å². The Kier molecular flexibility index (Phi) is 3.66. The monoisotopic (exact) mass is 204 g/mol. The Morgan fingerprint density at radius 1 is 1.21 bits per heavy atom. The zero-order valence-electron chi connectivity index (χ0n) is 9.00. The molecular formula is C13H16S. The number of thioether (sulfide) groups is 1. The lowest BCUT2D eigenvalue weighted by Gasteiger charge is -2.18. The van der Waals surface area contributed by atoms with Crippen LogP contribution in [0.1, 0.15) is 26.3 Å². The molecule has 0 aliphatic heterocycles. The van der Waals surface area contributed by atoms with Crippen LogP contribution in [-0.2, 0) is 5.41 Å². The van der Waals surface area contributed by atoms with Crippen LogP contribution in [-0.4, -0.2) is 5.75 Å². The lowest BCUT2D eigenvalue weighted by Crippen LogP contribution is -2.10. The van der Waals surface area contributed by atoms with Crippen LogP contribution in [0.5, 0.6) is 0 Å². The van der Waals surface area contributed by atoms with Gasteiger partial charge in [-0.05, 0) is 23.1 Å². The molecule has 0 aliphatic rings. The van der Waals surface area contributed by atoms with Crippen molar-refractivity contribution in [3.8, 4) is 12.3 Å². The Hall–Kier alpha value is -0.870. The van der Waals surface area contributed by atoms with E-state index in [-0.39, 0.29) is 5.41 Å². The van der Waals surface area contributed by atoms with E-state index in [0.717, 1.165) is 5.75 Å². The maximum absolute atomic E-state index is 5.20. The highest BCUT2D eigenvalue weighted by atomic mass is 32.2. The summed E-state index contributed by atoms with van der Waals surface area (Å²) < 4.78 is 0. The fourth-order valence-corrected chi connectivity index (χ4v) is 1.75. The smallest absolute Gasteiger partial charge is 0.0592 e. The quantitative estimate of drug-likeness (QED) is 0.523. The summed E-state index contributed by atoms with van der Waals surface area (Å²) in [6, 6.07) is 8.64. The number of hydrogen-bond donors (Lipinski definition) is 0. The third-order valence-corrected chi connectivity index (χ3v) is 2.96. The first-order chi connectivity index (χ1) is 6.54.